The lowest BCUT2D eigenvalue weighted by molar-refractivity contribution is -0.137. The number of ether oxygens (including phenoxy) is 1. The Hall–Kier alpha value is -1.46. The summed E-state index contributed by atoms with van der Waals surface area (Å²) in [6.07, 6.45) is 3.62. The van der Waals surface area contributed by atoms with Gasteiger partial charge < -0.3 is 15.0 Å². The van der Waals surface area contributed by atoms with Gasteiger partial charge in [-0.05, 0) is 31.0 Å². The fourth-order valence-corrected chi connectivity index (χ4v) is 2.09. The molecule has 1 unspecified atom stereocenters. The molecule has 0 bridgehead atoms. The summed E-state index contributed by atoms with van der Waals surface area (Å²) in [5.41, 5.74) is 2.32. The standard InChI is InChI=1S/C14H21N3O2/c1-11-3-4-15-9-13(11)10-16-12(2)14(18)17-5-7-19-8-6-17/h3-4,9,12,16H,5-8,10H2,1-2H3. The second-order valence-corrected chi connectivity index (χ2v) is 4.84. The molecule has 1 amide bonds. The molecule has 19 heavy (non-hydrogen) atoms. The minimum absolute atomic E-state index is 0.143. The van der Waals surface area contributed by atoms with Gasteiger partial charge in [0, 0.05) is 32.0 Å². The number of amides is 1. The van der Waals surface area contributed by atoms with Crippen LogP contribution in [0.1, 0.15) is 18.1 Å². The summed E-state index contributed by atoms with van der Waals surface area (Å²) in [7, 11) is 0. The number of rotatable bonds is 4. The molecular weight excluding hydrogens is 242 g/mol. The van der Waals surface area contributed by atoms with Gasteiger partial charge in [0.25, 0.3) is 0 Å². The molecule has 0 aliphatic carbocycles. The molecule has 2 heterocycles. The third kappa shape index (κ3) is 3.75. The number of carbonyl (C=O) groups excluding carboxylic acids is 1. The van der Waals surface area contributed by atoms with E-state index in [4.69, 9.17) is 4.74 Å². The number of aromatic nitrogens is 1. The zero-order valence-electron chi connectivity index (χ0n) is 11.6. The fraction of sp³-hybridized carbons (Fsp3) is 0.571. The molecule has 1 fully saturated rings. The summed E-state index contributed by atoms with van der Waals surface area (Å²) in [6, 6.07) is 1.79. The molecule has 1 aromatic rings. The largest absolute Gasteiger partial charge is 0.378 e. The molecule has 2 rings (SSSR count). The van der Waals surface area contributed by atoms with Gasteiger partial charge in [-0.3, -0.25) is 9.78 Å². The lowest BCUT2D eigenvalue weighted by atomic mass is 10.1. The lowest BCUT2D eigenvalue weighted by Crippen LogP contribution is -2.49. The molecule has 1 aliphatic heterocycles. The molecule has 0 aromatic carbocycles. The maximum absolute atomic E-state index is 12.2. The zero-order chi connectivity index (χ0) is 13.7. The first-order valence-electron chi connectivity index (χ1n) is 6.68. The second kappa shape index (κ2) is 6.63. The van der Waals surface area contributed by atoms with Crippen molar-refractivity contribution >= 4 is 5.91 Å². The highest BCUT2D eigenvalue weighted by molar-refractivity contribution is 5.81. The minimum atomic E-state index is -0.183. The summed E-state index contributed by atoms with van der Waals surface area (Å²) in [5.74, 6) is 0.143. The first kappa shape index (κ1) is 14.0. The van der Waals surface area contributed by atoms with Gasteiger partial charge in [0.1, 0.15) is 0 Å². The molecule has 0 saturated carbocycles. The van der Waals surface area contributed by atoms with Crippen molar-refractivity contribution in [2.75, 3.05) is 26.3 Å². The van der Waals surface area contributed by atoms with Gasteiger partial charge in [0.2, 0.25) is 5.91 Å². The maximum atomic E-state index is 12.2. The summed E-state index contributed by atoms with van der Waals surface area (Å²) >= 11 is 0. The number of morpholine rings is 1. The van der Waals surface area contributed by atoms with E-state index in [2.05, 4.69) is 10.3 Å². The average molecular weight is 263 g/mol. The number of nitrogens with one attached hydrogen (secondary N) is 1. The number of hydrogen-bond donors (Lipinski definition) is 1. The Labute approximate surface area is 114 Å². The van der Waals surface area contributed by atoms with E-state index in [1.807, 2.05) is 31.0 Å². The Morgan fingerprint density at radius 3 is 2.95 bits per heavy atom. The Kier molecular flexibility index (Phi) is 4.87. The molecule has 1 N–H and O–H groups in total. The zero-order valence-corrected chi connectivity index (χ0v) is 11.6. The first-order valence-corrected chi connectivity index (χ1v) is 6.68. The highest BCUT2D eigenvalue weighted by Gasteiger charge is 2.21. The van der Waals surface area contributed by atoms with E-state index in [1.165, 1.54) is 5.56 Å². The minimum Gasteiger partial charge on any atom is -0.378 e. The van der Waals surface area contributed by atoms with Crippen molar-refractivity contribution in [3.63, 3.8) is 0 Å². The van der Waals surface area contributed by atoms with Crippen LogP contribution < -0.4 is 5.32 Å². The van der Waals surface area contributed by atoms with Gasteiger partial charge >= 0.3 is 0 Å². The van der Waals surface area contributed by atoms with Crippen LogP contribution in [0.4, 0.5) is 0 Å². The molecule has 1 aliphatic rings. The van der Waals surface area contributed by atoms with Crippen molar-refractivity contribution in [1.29, 1.82) is 0 Å². The highest BCUT2D eigenvalue weighted by Crippen LogP contribution is 2.06. The van der Waals surface area contributed by atoms with Gasteiger partial charge in [-0.25, -0.2) is 0 Å². The van der Waals surface area contributed by atoms with Gasteiger partial charge in [-0.2, -0.15) is 0 Å². The normalized spacial score (nSPS) is 17.3. The van der Waals surface area contributed by atoms with Crippen LogP contribution in [0.3, 0.4) is 0 Å². The van der Waals surface area contributed by atoms with Crippen LogP contribution in [0.5, 0.6) is 0 Å². The Morgan fingerprint density at radius 2 is 2.26 bits per heavy atom. The van der Waals surface area contributed by atoms with Crippen LogP contribution in [-0.2, 0) is 16.1 Å². The molecule has 1 atom stereocenters. The number of hydrogen-bond acceptors (Lipinski definition) is 4. The molecule has 104 valence electrons. The van der Waals surface area contributed by atoms with E-state index in [0.29, 0.717) is 32.8 Å². The fourth-order valence-electron chi connectivity index (χ4n) is 2.09. The molecule has 5 nitrogen and oxygen atoms in total. The smallest absolute Gasteiger partial charge is 0.239 e. The third-order valence-electron chi connectivity index (χ3n) is 3.44. The van der Waals surface area contributed by atoms with Crippen molar-refractivity contribution in [2.45, 2.75) is 26.4 Å². The summed E-state index contributed by atoms with van der Waals surface area (Å²) in [4.78, 5) is 18.2. The molecule has 1 saturated heterocycles. The van der Waals surface area contributed by atoms with E-state index in [9.17, 15) is 4.79 Å². The number of carbonyl (C=O) groups is 1. The van der Waals surface area contributed by atoms with Crippen LogP contribution in [-0.4, -0.2) is 48.1 Å². The van der Waals surface area contributed by atoms with Gasteiger partial charge in [-0.1, -0.05) is 0 Å². The third-order valence-corrected chi connectivity index (χ3v) is 3.44. The SMILES string of the molecule is Cc1ccncc1CNC(C)C(=O)N1CCOCC1. The predicted octanol–water partition coefficient (Wildman–Crippen LogP) is 0.727. The lowest BCUT2D eigenvalue weighted by Gasteiger charge is -2.29. The first-order chi connectivity index (χ1) is 9.18. The van der Waals surface area contributed by atoms with E-state index < -0.39 is 0 Å². The summed E-state index contributed by atoms with van der Waals surface area (Å²) in [5, 5.41) is 3.26. The average Bonchev–Trinajstić information content (AvgIpc) is 2.46. The van der Waals surface area contributed by atoms with Crippen LogP contribution in [0.25, 0.3) is 0 Å². The molecule has 0 radical (unpaired) electrons. The van der Waals surface area contributed by atoms with Crippen LogP contribution in [0.2, 0.25) is 0 Å². The number of nitrogens with zero attached hydrogens (tertiary/aromatic N) is 2. The van der Waals surface area contributed by atoms with Crippen molar-refractivity contribution in [2.24, 2.45) is 0 Å². The topological polar surface area (TPSA) is 54.5 Å². The van der Waals surface area contributed by atoms with E-state index in [-0.39, 0.29) is 11.9 Å². The monoisotopic (exact) mass is 263 g/mol. The number of pyridine rings is 1. The summed E-state index contributed by atoms with van der Waals surface area (Å²) < 4.78 is 5.25. The molecular formula is C14H21N3O2. The van der Waals surface area contributed by atoms with Gasteiger partial charge in [0.05, 0.1) is 19.3 Å². The quantitative estimate of drug-likeness (QED) is 0.870. The second-order valence-electron chi connectivity index (χ2n) is 4.84. The van der Waals surface area contributed by atoms with Crippen molar-refractivity contribution in [3.05, 3.63) is 29.6 Å². The van der Waals surface area contributed by atoms with Crippen LogP contribution in [0.15, 0.2) is 18.5 Å². The summed E-state index contributed by atoms with van der Waals surface area (Å²) in [6.45, 7) is 7.28. The van der Waals surface area contributed by atoms with E-state index in [0.717, 1.165) is 5.56 Å². The van der Waals surface area contributed by atoms with Gasteiger partial charge in [0.15, 0.2) is 0 Å². The molecule has 5 heteroatoms. The van der Waals surface area contributed by atoms with Crippen molar-refractivity contribution in [1.82, 2.24) is 15.2 Å². The predicted molar refractivity (Wildman–Crippen MR) is 72.7 cm³/mol. The van der Waals surface area contributed by atoms with E-state index in [1.54, 1.807) is 6.20 Å². The van der Waals surface area contributed by atoms with E-state index >= 15 is 0 Å². The number of aryl methyl sites for hydroxylation is 1. The Bertz CT molecular complexity index is 430. The molecule has 1 aromatic heterocycles. The van der Waals surface area contributed by atoms with Crippen molar-refractivity contribution < 1.29 is 9.53 Å². The van der Waals surface area contributed by atoms with Gasteiger partial charge in [-0.15, -0.1) is 0 Å². The van der Waals surface area contributed by atoms with Crippen LogP contribution >= 0.6 is 0 Å². The Balaban J connectivity index is 1.85. The Morgan fingerprint density at radius 1 is 1.53 bits per heavy atom. The molecule has 0 spiro atoms. The highest BCUT2D eigenvalue weighted by atomic mass is 16.5. The van der Waals surface area contributed by atoms with Crippen molar-refractivity contribution in [3.8, 4) is 0 Å². The maximum Gasteiger partial charge on any atom is 0.239 e. The van der Waals surface area contributed by atoms with Crippen LogP contribution in [0, 0.1) is 6.92 Å².